The fourth-order valence-corrected chi connectivity index (χ4v) is 2.46. The number of methoxy groups -OCH3 is 1. The SMILES string of the molecule is COc1ccc(C(=O)NC(=S)NNC(=O)C2CC2)cc1I. The van der Waals surface area contributed by atoms with Gasteiger partial charge in [0.15, 0.2) is 5.11 Å². The topological polar surface area (TPSA) is 79.5 Å². The van der Waals surface area contributed by atoms with Crippen LogP contribution in [-0.2, 0) is 4.79 Å². The first-order valence-electron chi connectivity index (χ1n) is 6.26. The number of carbonyl (C=O) groups is 2. The van der Waals surface area contributed by atoms with E-state index in [9.17, 15) is 9.59 Å². The third kappa shape index (κ3) is 4.53. The highest BCUT2D eigenvalue weighted by molar-refractivity contribution is 14.1. The Hall–Kier alpha value is -1.42. The summed E-state index contributed by atoms with van der Waals surface area (Å²) in [7, 11) is 1.57. The van der Waals surface area contributed by atoms with Crippen LogP contribution in [0.1, 0.15) is 23.2 Å². The second kappa shape index (κ2) is 7.03. The number of carbonyl (C=O) groups excluding carboxylic acids is 2. The van der Waals surface area contributed by atoms with E-state index in [2.05, 4.69) is 38.8 Å². The van der Waals surface area contributed by atoms with Crippen LogP contribution in [0.5, 0.6) is 5.75 Å². The molecule has 1 aliphatic rings. The normalized spacial score (nSPS) is 13.2. The molecule has 0 unspecified atom stereocenters. The molecule has 1 aromatic rings. The number of hydrogen-bond donors (Lipinski definition) is 3. The Morgan fingerprint density at radius 1 is 1.33 bits per heavy atom. The smallest absolute Gasteiger partial charge is 0.257 e. The van der Waals surface area contributed by atoms with Crippen molar-refractivity contribution in [3.8, 4) is 5.75 Å². The minimum absolute atomic E-state index is 0.0554. The van der Waals surface area contributed by atoms with Gasteiger partial charge in [0, 0.05) is 11.5 Å². The Labute approximate surface area is 141 Å². The lowest BCUT2D eigenvalue weighted by atomic mass is 10.2. The van der Waals surface area contributed by atoms with Crippen molar-refractivity contribution >= 4 is 51.7 Å². The number of amides is 2. The molecule has 112 valence electrons. The Morgan fingerprint density at radius 3 is 2.62 bits per heavy atom. The van der Waals surface area contributed by atoms with Gasteiger partial charge < -0.3 is 4.74 Å². The molecule has 8 heteroatoms. The molecule has 2 amide bonds. The summed E-state index contributed by atoms with van der Waals surface area (Å²) in [6.07, 6.45) is 1.80. The number of halogens is 1. The molecule has 0 atom stereocenters. The van der Waals surface area contributed by atoms with Crippen LogP contribution in [0.4, 0.5) is 0 Å². The van der Waals surface area contributed by atoms with Gasteiger partial charge in [0.25, 0.3) is 5.91 Å². The van der Waals surface area contributed by atoms with Crippen molar-refractivity contribution in [3.63, 3.8) is 0 Å². The van der Waals surface area contributed by atoms with Gasteiger partial charge in [-0.05, 0) is 65.8 Å². The molecule has 6 nitrogen and oxygen atoms in total. The van der Waals surface area contributed by atoms with Gasteiger partial charge in [-0.2, -0.15) is 0 Å². The van der Waals surface area contributed by atoms with Crippen LogP contribution in [0.25, 0.3) is 0 Å². The van der Waals surface area contributed by atoms with Crippen LogP contribution in [0.3, 0.4) is 0 Å². The van der Waals surface area contributed by atoms with E-state index in [0.29, 0.717) is 11.3 Å². The molecular weight excluding hydrogens is 405 g/mol. The monoisotopic (exact) mass is 419 g/mol. The Kier molecular flexibility index (Phi) is 5.34. The zero-order valence-corrected chi connectivity index (χ0v) is 14.2. The molecule has 0 radical (unpaired) electrons. The number of nitrogens with one attached hydrogen (secondary N) is 3. The predicted octanol–water partition coefficient (Wildman–Crippen LogP) is 1.35. The highest BCUT2D eigenvalue weighted by Gasteiger charge is 2.29. The molecule has 1 aromatic carbocycles. The number of benzene rings is 1. The summed E-state index contributed by atoms with van der Waals surface area (Å²) in [5, 5.41) is 2.55. The van der Waals surface area contributed by atoms with Crippen LogP contribution in [-0.4, -0.2) is 24.0 Å². The molecular formula is C13H14IN3O3S. The van der Waals surface area contributed by atoms with Gasteiger partial charge in [-0.25, -0.2) is 0 Å². The zero-order chi connectivity index (χ0) is 15.4. The third-order valence-electron chi connectivity index (χ3n) is 2.89. The lowest BCUT2D eigenvalue weighted by molar-refractivity contribution is -0.122. The summed E-state index contributed by atoms with van der Waals surface area (Å²) < 4.78 is 5.95. The van der Waals surface area contributed by atoms with Crippen LogP contribution < -0.4 is 20.9 Å². The van der Waals surface area contributed by atoms with Gasteiger partial charge in [-0.3, -0.25) is 25.8 Å². The van der Waals surface area contributed by atoms with Crippen LogP contribution >= 0.6 is 34.8 Å². The summed E-state index contributed by atoms with van der Waals surface area (Å²) in [5.41, 5.74) is 5.44. The molecule has 1 saturated carbocycles. The van der Waals surface area contributed by atoms with Crippen molar-refractivity contribution in [2.24, 2.45) is 5.92 Å². The fraction of sp³-hybridized carbons (Fsp3) is 0.308. The van der Waals surface area contributed by atoms with E-state index >= 15 is 0 Å². The lowest BCUT2D eigenvalue weighted by Crippen LogP contribution is -2.48. The zero-order valence-electron chi connectivity index (χ0n) is 11.2. The molecule has 21 heavy (non-hydrogen) atoms. The van der Waals surface area contributed by atoms with Crippen molar-refractivity contribution in [1.82, 2.24) is 16.2 Å². The highest BCUT2D eigenvalue weighted by atomic mass is 127. The number of thiocarbonyl (C=S) groups is 1. The quantitative estimate of drug-likeness (QED) is 0.392. The molecule has 0 spiro atoms. The maximum atomic E-state index is 12.0. The Bertz CT molecular complexity index is 590. The number of rotatable bonds is 3. The Balaban J connectivity index is 1.86. The Morgan fingerprint density at radius 2 is 2.05 bits per heavy atom. The molecule has 0 aliphatic heterocycles. The van der Waals surface area contributed by atoms with E-state index in [1.54, 1.807) is 25.3 Å². The predicted molar refractivity (Wildman–Crippen MR) is 89.8 cm³/mol. The number of ether oxygens (including phenoxy) is 1. The van der Waals surface area contributed by atoms with Gasteiger partial charge in [0.1, 0.15) is 5.75 Å². The molecule has 1 fully saturated rings. The van der Waals surface area contributed by atoms with E-state index in [1.807, 2.05) is 0 Å². The van der Waals surface area contributed by atoms with Crippen molar-refractivity contribution in [2.75, 3.05) is 7.11 Å². The van der Waals surface area contributed by atoms with Crippen molar-refractivity contribution in [2.45, 2.75) is 12.8 Å². The lowest BCUT2D eigenvalue weighted by Gasteiger charge is -2.11. The molecule has 3 N–H and O–H groups in total. The molecule has 0 bridgehead atoms. The standard InChI is InChI=1S/C13H14IN3O3S/c1-20-10-5-4-8(6-9(10)14)11(18)15-13(21)17-16-12(19)7-2-3-7/h4-7H,2-3H2,1H3,(H,16,19)(H2,15,17,18,21). The average Bonchev–Trinajstić information content (AvgIpc) is 3.29. The first-order valence-corrected chi connectivity index (χ1v) is 7.74. The van der Waals surface area contributed by atoms with E-state index < -0.39 is 0 Å². The van der Waals surface area contributed by atoms with Crippen LogP contribution in [0.15, 0.2) is 18.2 Å². The second-order valence-electron chi connectivity index (χ2n) is 4.52. The van der Waals surface area contributed by atoms with E-state index in [4.69, 9.17) is 17.0 Å². The minimum atomic E-state index is -0.353. The van der Waals surface area contributed by atoms with Crippen molar-refractivity contribution < 1.29 is 14.3 Å². The van der Waals surface area contributed by atoms with Crippen LogP contribution in [0.2, 0.25) is 0 Å². The van der Waals surface area contributed by atoms with Gasteiger partial charge in [0.2, 0.25) is 5.91 Å². The van der Waals surface area contributed by atoms with E-state index in [-0.39, 0.29) is 22.8 Å². The van der Waals surface area contributed by atoms with E-state index in [1.165, 1.54) is 0 Å². The number of hydrazine groups is 1. The highest BCUT2D eigenvalue weighted by Crippen LogP contribution is 2.28. The second-order valence-corrected chi connectivity index (χ2v) is 6.09. The summed E-state index contributed by atoms with van der Waals surface area (Å²) in [4.78, 5) is 23.4. The van der Waals surface area contributed by atoms with Crippen molar-refractivity contribution in [3.05, 3.63) is 27.3 Å². The summed E-state index contributed by atoms with van der Waals surface area (Å²) in [6, 6.07) is 5.05. The first kappa shape index (κ1) is 16.0. The van der Waals surface area contributed by atoms with Crippen LogP contribution in [0, 0.1) is 9.49 Å². The number of hydrogen-bond acceptors (Lipinski definition) is 4. The first-order chi connectivity index (χ1) is 10.0. The summed E-state index contributed by atoms with van der Waals surface area (Å²) >= 11 is 7.03. The summed E-state index contributed by atoms with van der Waals surface area (Å²) in [5.74, 6) is 0.308. The molecule has 0 heterocycles. The van der Waals surface area contributed by atoms with Crippen molar-refractivity contribution in [1.29, 1.82) is 0 Å². The molecule has 0 aromatic heterocycles. The largest absolute Gasteiger partial charge is 0.496 e. The minimum Gasteiger partial charge on any atom is -0.496 e. The molecule has 2 rings (SSSR count). The maximum absolute atomic E-state index is 12.0. The van der Waals surface area contributed by atoms with Gasteiger partial charge >= 0.3 is 0 Å². The molecule has 1 aliphatic carbocycles. The molecule has 0 saturated heterocycles. The third-order valence-corrected chi connectivity index (χ3v) is 3.94. The maximum Gasteiger partial charge on any atom is 0.257 e. The van der Waals surface area contributed by atoms with Gasteiger partial charge in [-0.1, -0.05) is 0 Å². The van der Waals surface area contributed by atoms with Gasteiger partial charge in [-0.15, -0.1) is 0 Å². The average molecular weight is 419 g/mol. The summed E-state index contributed by atoms with van der Waals surface area (Å²) in [6.45, 7) is 0. The van der Waals surface area contributed by atoms with E-state index in [0.717, 1.165) is 16.4 Å². The fourth-order valence-electron chi connectivity index (χ4n) is 1.58. The van der Waals surface area contributed by atoms with Gasteiger partial charge in [0.05, 0.1) is 10.7 Å².